The molecule has 0 amide bonds. The van der Waals surface area contributed by atoms with Crippen molar-refractivity contribution in [2.24, 2.45) is 0 Å². The van der Waals surface area contributed by atoms with Crippen molar-refractivity contribution in [2.75, 3.05) is 0 Å². The Balaban J connectivity index is 2.33. The Morgan fingerprint density at radius 1 is 1.37 bits per heavy atom. The van der Waals surface area contributed by atoms with Gasteiger partial charge in [-0.25, -0.2) is 4.98 Å². The molecule has 0 spiro atoms. The smallest absolute Gasteiger partial charge is 0.251 e. The number of hydrogen-bond acceptors (Lipinski definition) is 4. The molecular formula is C13H11ClN2O2S. The third-order valence-electron chi connectivity index (χ3n) is 2.39. The lowest BCUT2D eigenvalue weighted by molar-refractivity contribution is 0.101. The van der Waals surface area contributed by atoms with Gasteiger partial charge in [0.1, 0.15) is 0 Å². The summed E-state index contributed by atoms with van der Waals surface area (Å²) in [6, 6.07) is 6.47. The van der Waals surface area contributed by atoms with E-state index < -0.39 is 0 Å². The van der Waals surface area contributed by atoms with E-state index in [1.165, 1.54) is 24.8 Å². The standard InChI is InChI=1S/C13H11ClN2O2S/c1-7-5-12(18)16-13(15-7)19-11-4-3-9(8(2)17)6-10(11)14/h3-6H,1-2H3,(H,15,16,18). The van der Waals surface area contributed by atoms with E-state index >= 15 is 0 Å². The van der Waals surface area contributed by atoms with Gasteiger partial charge in [0, 0.05) is 22.2 Å². The molecule has 19 heavy (non-hydrogen) atoms. The van der Waals surface area contributed by atoms with E-state index in [1.807, 2.05) is 0 Å². The number of nitrogens with zero attached hydrogens (tertiary/aromatic N) is 1. The molecule has 0 radical (unpaired) electrons. The van der Waals surface area contributed by atoms with Crippen LogP contribution in [0.3, 0.4) is 0 Å². The minimum Gasteiger partial charge on any atom is -0.301 e. The lowest BCUT2D eigenvalue weighted by atomic mass is 10.1. The Morgan fingerprint density at radius 3 is 2.68 bits per heavy atom. The van der Waals surface area contributed by atoms with Gasteiger partial charge in [-0.15, -0.1) is 0 Å². The normalized spacial score (nSPS) is 10.5. The molecule has 0 saturated carbocycles. The van der Waals surface area contributed by atoms with Crippen molar-refractivity contribution < 1.29 is 4.79 Å². The third kappa shape index (κ3) is 3.45. The lowest BCUT2D eigenvalue weighted by Crippen LogP contribution is -2.07. The van der Waals surface area contributed by atoms with E-state index in [0.717, 1.165) is 4.90 Å². The highest BCUT2D eigenvalue weighted by atomic mass is 35.5. The number of hydrogen-bond donors (Lipinski definition) is 1. The van der Waals surface area contributed by atoms with Crippen molar-refractivity contribution in [1.29, 1.82) is 0 Å². The Hall–Kier alpha value is -1.59. The minimum absolute atomic E-state index is 0.0412. The minimum atomic E-state index is -0.202. The first-order chi connectivity index (χ1) is 8.95. The quantitative estimate of drug-likeness (QED) is 0.698. The zero-order valence-corrected chi connectivity index (χ0v) is 11.9. The topological polar surface area (TPSA) is 62.8 Å². The average molecular weight is 295 g/mol. The molecule has 0 unspecified atom stereocenters. The molecule has 0 aliphatic rings. The molecule has 1 aromatic carbocycles. The lowest BCUT2D eigenvalue weighted by Gasteiger charge is -2.05. The Morgan fingerprint density at radius 2 is 2.11 bits per heavy atom. The molecule has 1 heterocycles. The van der Waals surface area contributed by atoms with Crippen molar-refractivity contribution in [3.05, 3.63) is 50.9 Å². The number of carbonyl (C=O) groups is 1. The van der Waals surface area contributed by atoms with Crippen LogP contribution in [-0.4, -0.2) is 15.8 Å². The molecule has 0 aliphatic heterocycles. The third-order valence-corrected chi connectivity index (χ3v) is 3.78. The van der Waals surface area contributed by atoms with Crippen LogP contribution in [0, 0.1) is 6.92 Å². The first-order valence-electron chi connectivity index (χ1n) is 5.52. The highest BCUT2D eigenvalue weighted by Gasteiger charge is 2.08. The molecule has 6 heteroatoms. The second kappa shape index (κ2) is 5.59. The summed E-state index contributed by atoms with van der Waals surface area (Å²) in [5.41, 5.74) is 0.995. The zero-order valence-electron chi connectivity index (χ0n) is 10.4. The van der Waals surface area contributed by atoms with Crippen molar-refractivity contribution in [2.45, 2.75) is 23.9 Å². The first kappa shape index (κ1) is 13.8. The van der Waals surface area contributed by atoms with E-state index in [2.05, 4.69) is 9.97 Å². The summed E-state index contributed by atoms with van der Waals surface area (Å²) >= 11 is 7.36. The van der Waals surface area contributed by atoms with Gasteiger partial charge in [-0.2, -0.15) is 0 Å². The predicted octanol–water partition coefficient (Wildman–Crippen LogP) is 3.09. The van der Waals surface area contributed by atoms with Crippen LogP contribution in [0.1, 0.15) is 23.0 Å². The van der Waals surface area contributed by atoms with Gasteiger partial charge in [0.15, 0.2) is 10.9 Å². The van der Waals surface area contributed by atoms with E-state index in [-0.39, 0.29) is 11.3 Å². The van der Waals surface area contributed by atoms with Crippen molar-refractivity contribution >= 4 is 29.1 Å². The molecule has 0 atom stereocenters. The van der Waals surface area contributed by atoms with Gasteiger partial charge < -0.3 is 4.98 Å². The number of Topliss-reactive ketones (excluding diaryl/α,β-unsaturated/α-hetero) is 1. The maximum atomic E-state index is 11.3. The van der Waals surface area contributed by atoms with E-state index in [1.54, 1.807) is 25.1 Å². The molecule has 0 fully saturated rings. The molecule has 1 aromatic heterocycles. The number of aromatic amines is 1. The fraction of sp³-hybridized carbons (Fsp3) is 0.154. The number of aromatic nitrogens is 2. The second-order valence-electron chi connectivity index (χ2n) is 4.00. The summed E-state index contributed by atoms with van der Waals surface area (Å²) in [6.45, 7) is 3.23. The zero-order chi connectivity index (χ0) is 14.0. The largest absolute Gasteiger partial charge is 0.301 e. The molecule has 98 valence electrons. The molecule has 1 N–H and O–H groups in total. The number of rotatable bonds is 3. The van der Waals surface area contributed by atoms with Gasteiger partial charge >= 0.3 is 0 Å². The predicted molar refractivity (Wildman–Crippen MR) is 75.2 cm³/mol. The maximum absolute atomic E-state index is 11.3. The molecule has 0 bridgehead atoms. The number of benzene rings is 1. The summed E-state index contributed by atoms with van der Waals surface area (Å²) in [6.07, 6.45) is 0. The van der Waals surface area contributed by atoms with Crippen molar-refractivity contribution in [3.63, 3.8) is 0 Å². The van der Waals surface area contributed by atoms with Gasteiger partial charge in [-0.1, -0.05) is 29.4 Å². The van der Waals surface area contributed by atoms with E-state index in [4.69, 9.17) is 11.6 Å². The van der Waals surface area contributed by atoms with Crippen molar-refractivity contribution in [3.8, 4) is 0 Å². The molecule has 2 rings (SSSR count). The number of carbonyl (C=O) groups excluding carboxylic acids is 1. The fourth-order valence-corrected chi connectivity index (χ4v) is 2.65. The average Bonchev–Trinajstić information content (AvgIpc) is 2.30. The SMILES string of the molecule is CC(=O)c1ccc(Sc2nc(C)cc(=O)[nH]2)c(Cl)c1. The second-order valence-corrected chi connectivity index (χ2v) is 5.43. The number of nitrogens with one attached hydrogen (secondary N) is 1. The van der Waals surface area contributed by atoms with Gasteiger partial charge in [-0.3, -0.25) is 9.59 Å². The highest BCUT2D eigenvalue weighted by Crippen LogP contribution is 2.31. The van der Waals surface area contributed by atoms with Crippen LogP contribution in [0.25, 0.3) is 0 Å². The van der Waals surface area contributed by atoms with E-state index in [0.29, 0.717) is 21.4 Å². The molecule has 0 aliphatic carbocycles. The Bertz CT molecular complexity index is 697. The molecule has 0 saturated heterocycles. The number of halogens is 1. The van der Waals surface area contributed by atoms with Crippen LogP contribution in [0.15, 0.2) is 39.1 Å². The van der Waals surface area contributed by atoms with Crippen LogP contribution in [0.5, 0.6) is 0 Å². The van der Waals surface area contributed by atoms with Gasteiger partial charge in [-0.05, 0) is 26.0 Å². The first-order valence-corrected chi connectivity index (χ1v) is 6.71. The van der Waals surface area contributed by atoms with Crippen LogP contribution >= 0.6 is 23.4 Å². The van der Waals surface area contributed by atoms with Gasteiger partial charge in [0.25, 0.3) is 5.56 Å². The molecule has 2 aromatic rings. The maximum Gasteiger partial charge on any atom is 0.251 e. The summed E-state index contributed by atoms with van der Waals surface area (Å²) in [5.74, 6) is -0.0412. The number of aryl methyl sites for hydroxylation is 1. The monoisotopic (exact) mass is 294 g/mol. The number of ketones is 1. The highest BCUT2D eigenvalue weighted by molar-refractivity contribution is 7.99. The van der Waals surface area contributed by atoms with E-state index in [9.17, 15) is 9.59 Å². The number of H-pyrrole nitrogens is 1. The van der Waals surface area contributed by atoms with Gasteiger partial charge in [0.05, 0.1) is 5.02 Å². The van der Waals surface area contributed by atoms with Gasteiger partial charge in [0.2, 0.25) is 0 Å². The van der Waals surface area contributed by atoms with Crippen LogP contribution in [0.2, 0.25) is 5.02 Å². The van der Waals surface area contributed by atoms with Crippen LogP contribution < -0.4 is 5.56 Å². The Labute approximate surface area is 119 Å². The Kier molecular flexibility index (Phi) is 4.07. The summed E-state index contributed by atoms with van der Waals surface area (Å²) in [5, 5.41) is 0.935. The van der Waals surface area contributed by atoms with Crippen molar-refractivity contribution in [1.82, 2.24) is 9.97 Å². The van der Waals surface area contributed by atoms with Crippen LogP contribution in [-0.2, 0) is 0 Å². The summed E-state index contributed by atoms with van der Waals surface area (Å²) in [4.78, 5) is 30.2. The summed E-state index contributed by atoms with van der Waals surface area (Å²) < 4.78 is 0. The summed E-state index contributed by atoms with van der Waals surface area (Å²) in [7, 11) is 0. The van der Waals surface area contributed by atoms with Crippen LogP contribution in [0.4, 0.5) is 0 Å². The fourth-order valence-electron chi connectivity index (χ4n) is 1.51. The molecule has 4 nitrogen and oxygen atoms in total. The molecular weight excluding hydrogens is 284 g/mol.